The molecule has 8 heteroatoms. The molecule has 1 amide bonds. The van der Waals surface area contributed by atoms with E-state index in [1.54, 1.807) is 24.3 Å². The standard InChI is InChI=1S/C18H22N2O5S/c21-18(19-13-16-5-4-12-24-16)14-25-15-6-8-17(9-7-15)26(22,23)20-10-2-1-3-11-20/h4-9,12H,1-3,10-11,13-14H2,(H,19,21). The van der Waals surface area contributed by atoms with Crippen molar-refractivity contribution in [2.75, 3.05) is 19.7 Å². The van der Waals surface area contributed by atoms with E-state index < -0.39 is 10.0 Å². The van der Waals surface area contributed by atoms with Gasteiger partial charge in [-0.1, -0.05) is 6.42 Å². The van der Waals surface area contributed by atoms with Gasteiger partial charge in [0.2, 0.25) is 10.0 Å². The van der Waals surface area contributed by atoms with E-state index in [0.29, 0.717) is 31.1 Å². The maximum Gasteiger partial charge on any atom is 0.258 e. The Balaban J connectivity index is 1.51. The van der Waals surface area contributed by atoms with E-state index in [-0.39, 0.29) is 17.4 Å². The first-order chi connectivity index (χ1) is 12.6. The first kappa shape index (κ1) is 18.5. The molecular formula is C18H22N2O5S. The predicted molar refractivity (Wildman–Crippen MR) is 95.1 cm³/mol. The fourth-order valence-corrected chi connectivity index (χ4v) is 4.28. The first-order valence-electron chi connectivity index (χ1n) is 8.58. The molecule has 140 valence electrons. The molecule has 2 heterocycles. The average molecular weight is 378 g/mol. The molecule has 1 aromatic heterocycles. The lowest BCUT2D eigenvalue weighted by atomic mass is 10.2. The lowest BCUT2D eigenvalue weighted by Gasteiger charge is -2.25. The minimum Gasteiger partial charge on any atom is -0.484 e. The number of piperidine rings is 1. The molecule has 0 atom stereocenters. The minimum absolute atomic E-state index is 0.154. The zero-order valence-electron chi connectivity index (χ0n) is 14.4. The maximum absolute atomic E-state index is 12.6. The molecule has 0 aliphatic carbocycles. The highest BCUT2D eigenvalue weighted by molar-refractivity contribution is 7.89. The van der Waals surface area contributed by atoms with Gasteiger partial charge in [-0.2, -0.15) is 4.31 Å². The highest BCUT2D eigenvalue weighted by Crippen LogP contribution is 2.22. The van der Waals surface area contributed by atoms with E-state index in [9.17, 15) is 13.2 Å². The molecule has 0 spiro atoms. The van der Waals surface area contributed by atoms with Gasteiger partial charge in [-0.05, 0) is 49.2 Å². The number of hydrogen-bond donors (Lipinski definition) is 1. The molecule has 26 heavy (non-hydrogen) atoms. The molecule has 0 bridgehead atoms. The summed E-state index contributed by atoms with van der Waals surface area (Å²) in [5, 5.41) is 2.67. The number of rotatable bonds is 7. The van der Waals surface area contributed by atoms with Crippen LogP contribution in [0, 0.1) is 0 Å². The summed E-state index contributed by atoms with van der Waals surface area (Å²) in [6, 6.07) is 9.67. The van der Waals surface area contributed by atoms with Crippen molar-refractivity contribution in [1.29, 1.82) is 0 Å². The highest BCUT2D eigenvalue weighted by atomic mass is 32.2. The average Bonchev–Trinajstić information content (AvgIpc) is 3.19. The van der Waals surface area contributed by atoms with E-state index in [1.807, 2.05) is 0 Å². The van der Waals surface area contributed by atoms with Gasteiger partial charge in [0, 0.05) is 13.1 Å². The van der Waals surface area contributed by atoms with Gasteiger partial charge < -0.3 is 14.5 Å². The van der Waals surface area contributed by atoms with Crippen LogP contribution < -0.4 is 10.1 Å². The molecule has 1 aromatic carbocycles. The number of benzene rings is 1. The maximum atomic E-state index is 12.6. The Labute approximate surface area is 153 Å². The number of carbonyl (C=O) groups is 1. The summed E-state index contributed by atoms with van der Waals surface area (Å²) in [5.74, 6) is 0.813. The van der Waals surface area contributed by atoms with Crippen molar-refractivity contribution in [3.63, 3.8) is 0 Å². The summed E-state index contributed by atoms with van der Waals surface area (Å²) in [7, 11) is -3.46. The smallest absolute Gasteiger partial charge is 0.258 e. The fourth-order valence-electron chi connectivity index (χ4n) is 2.76. The van der Waals surface area contributed by atoms with E-state index in [0.717, 1.165) is 19.3 Å². The van der Waals surface area contributed by atoms with Crippen LogP contribution >= 0.6 is 0 Å². The van der Waals surface area contributed by atoms with Gasteiger partial charge in [-0.3, -0.25) is 4.79 Å². The molecule has 3 rings (SSSR count). The van der Waals surface area contributed by atoms with Crippen LogP contribution in [0.5, 0.6) is 5.75 Å². The third-order valence-electron chi connectivity index (χ3n) is 4.19. The van der Waals surface area contributed by atoms with Crippen LogP contribution in [0.2, 0.25) is 0 Å². The molecule has 1 N–H and O–H groups in total. The number of hydrogen-bond acceptors (Lipinski definition) is 5. The largest absolute Gasteiger partial charge is 0.484 e. The van der Waals surface area contributed by atoms with Crippen molar-refractivity contribution in [3.05, 3.63) is 48.4 Å². The van der Waals surface area contributed by atoms with Gasteiger partial charge in [0.25, 0.3) is 5.91 Å². The van der Waals surface area contributed by atoms with Crippen LogP contribution in [-0.4, -0.2) is 38.3 Å². The summed E-state index contributed by atoms with van der Waals surface area (Å²) < 4.78 is 37.2. The quantitative estimate of drug-likeness (QED) is 0.797. The molecule has 7 nitrogen and oxygen atoms in total. The second-order valence-corrected chi connectivity index (χ2v) is 8.02. The van der Waals surface area contributed by atoms with Gasteiger partial charge in [0.1, 0.15) is 11.5 Å². The third kappa shape index (κ3) is 4.64. The fraction of sp³-hybridized carbons (Fsp3) is 0.389. The van der Waals surface area contributed by atoms with E-state index in [4.69, 9.17) is 9.15 Å². The van der Waals surface area contributed by atoms with E-state index in [2.05, 4.69) is 5.32 Å². The van der Waals surface area contributed by atoms with Crippen molar-refractivity contribution >= 4 is 15.9 Å². The van der Waals surface area contributed by atoms with Gasteiger partial charge in [0.15, 0.2) is 6.61 Å². The second-order valence-electron chi connectivity index (χ2n) is 6.08. The highest BCUT2D eigenvalue weighted by Gasteiger charge is 2.25. The summed E-state index contributed by atoms with van der Waals surface area (Å²) in [6.07, 6.45) is 4.40. The van der Waals surface area contributed by atoms with Crippen LogP contribution in [0.25, 0.3) is 0 Å². The SMILES string of the molecule is O=C(COc1ccc(S(=O)(=O)N2CCCCC2)cc1)NCc1ccco1. The molecular weight excluding hydrogens is 356 g/mol. The van der Waals surface area contributed by atoms with Crippen LogP contribution in [0.4, 0.5) is 0 Å². The van der Waals surface area contributed by atoms with Gasteiger partial charge in [-0.15, -0.1) is 0 Å². The third-order valence-corrected chi connectivity index (χ3v) is 6.10. The summed E-state index contributed by atoms with van der Waals surface area (Å²) in [5.41, 5.74) is 0. The number of ether oxygens (including phenoxy) is 1. The van der Waals surface area contributed by atoms with Crippen molar-refractivity contribution in [2.45, 2.75) is 30.7 Å². The van der Waals surface area contributed by atoms with Crippen molar-refractivity contribution < 1.29 is 22.4 Å². The Kier molecular flexibility index (Phi) is 5.95. The van der Waals surface area contributed by atoms with E-state index in [1.165, 1.54) is 22.7 Å². The van der Waals surface area contributed by atoms with Crippen LogP contribution in [0.15, 0.2) is 52.0 Å². The Bertz CT molecular complexity index is 810. The molecule has 2 aromatic rings. The lowest BCUT2D eigenvalue weighted by Crippen LogP contribution is -2.35. The summed E-state index contributed by atoms with van der Waals surface area (Å²) >= 11 is 0. The molecule has 1 aliphatic rings. The lowest BCUT2D eigenvalue weighted by molar-refractivity contribution is -0.123. The van der Waals surface area contributed by atoms with Crippen LogP contribution in [0.1, 0.15) is 25.0 Å². The molecule has 0 saturated carbocycles. The predicted octanol–water partition coefficient (Wildman–Crippen LogP) is 2.15. The normalized spacial score (nSPS) is 15.5. The summed E-state index contributed by atoms with van der Waals surface area (Å²) in [6.45, 7) is 1.27. The Hall–Kier alpha value is -2.32. The minimum atomic E-state index is -3.46. The zero-order valence-corrected chi connectivity index (χ0v) is 15.2. The number of carbonyl (C=O) groups excluding carboxylic acids is 1. The van der Waals surface area contributed by atoms with Crippen LogP contribution in [0.3, 0.4) is 0 Å². The van der Waals surface area contributed by atoms with Crippen molar-refractivity contribution in [3.8, 4) is 5.75 Å². The molecule has 1 fully saturated rings. The van der Waals surface area contributed by atoms with Crippen molar-refractivity contribution in [1.82, 2.24) is 9.62 Å². The van der Waals surface area contributed by atoms with Gasteiger partial charge in [-0.25, -0.2) is 8.42 Å². The van der Waals surface area contributed by atoms with Crippen molar-refractivity contribution in [2.24, 2.45) is 0 Å². The number of nitrogens with zero attached hydrogens (tertiary/aromatic N) is 1. The molecule has 0 unspecified atom stereocenters. The second kappa shape index (κ2) is 8.37. The molecule has 1 saturated heterocycles. The summed E-state index contributed by atoms with van der Waals surface area (Å²) in [4.78, 5) is 12.0. The topological polar surface area (TPSA) is 88.9 Å². The number of amides is 1. The number of nitrogens with one attached hydrogen (secondary N) is 1. The van der Waals surface area contributed by atoms with Gasteiger partial charge >= 0.3 is 0 Å². The first-order valence-corrected chi connectivity index (χ1v) is 10.0. The van der Waals surface area contributed by atoms with E-state index >= 15 is 0 Å². The van der Waals surface area contributed by atoms with Gasteiger partial charge in [0.05, 0.1) is 17.7 Å². The Morgan fingerprint density at radius 2 is 1.85 bits per heavy atom. The zero-order chi connectivity index (χ0) is 18.4. The van der Waals surface area contributed by atoms with Crippen LogP contribution in [-0.2, 0) is 21.4 Å². The number of sulfonamides is 1. The monoisotopic (exact) mass is 378 g/mol. The molecule has 1 aliphatic heterocycles. The molecule has 0 radical (unpaired) electrons. The Morgan fingerprint density at radius 1 is 1.12 bits per heavy atom. The Morgan fingerprint density at radius 3 is 2.50 bits per heavy atom. The number of furan rings is 1.